The molecule has 0 unspecified atom stereocenters. The Balaban J connectivity index is 2.89. The zero-order valence-electron chi connectivity index (χ0n) is 9.64. The predicted octanol–water partition coefficient (Wildman–Crippen LogP) is 1.27. The number of nitrogens with two attached hydrogens (primary N) is 1. The van der Waals surface area contributed by atoms with Crippen molar-refractivity contribution in [2.75, 3.05) is 17.5 Å². The summed E-state index contributed by atoms with van der Waals surface area (Å²) in [6, 6.07) is 6.53. The van der Waals surface area contributed by atoms with Gasteiger partial charge in [0.2, 0.25) is 0 Å². The molecular weight excluding hydrogens is 226 g/mol. The van der Waals surface area contributed by atoms with Crippen LogP contribution in [0, 0.1) is 0 Å². The van der Waals surface area contributed by atoms with Crippen LogP contribution in [-0.4, -0.2) is 25.8 Å². The Morgan fingerprint density at radius 2 is 2.00 bits per heavy atom. The highest BCUT2D eigenvalue weighted by atomic mass is 32.2. The van der Waals surface area contributed by atoms with Gasteiger partial charge >= 0.3 is 10.2 Å². The van der Waals surface area contributed by atoms with E-state index in [9.17, 15) is 8.42 Å². The van der Waals surface area contributed by atoms with E-state index in [1.807, 2.05) is 0 Å². The predicted molar refractivity (Wildman–Crippen MR) is 66.3 cm³/mol. The molecule has 3 N–H and O–H groups in total. The number of nitrogens with zero attached hydrogens (tertiary/aromatic N) is 1. The largest absolute Gasteiger partial charge is 0.399 e. The van der Waals surface area contributed by atoms with Gasteiger partial charge in [-0.1, -0.05) is 6.07 Å². The molecule has 0 bridgehead atoms. The van der Waals surface area contributed by atoms with Gasteiger partial charge in [-0.05, 0) is 32.0 Å². The molecule has 0 saturated heterocycles. The molecule has 5 nitrogen and oxygen atoms in total. The second-order valence-electron chi connectivity index (χ2n) is 3.84. The topological polar surface area (TPSA) is 75.4 Å². The quantitative estimate of drug-likeness (QED) is 0.782. The SMILES string of the molecule is CC(C)N(C)S(=O)(=O)Nc1cccc(N)c1. The first-order valence-corrected chi connectivity index (χ1v) is 6.38. The highest BCUT2D eigenvalue weighted by Crippen LogP contribution is 2.15. The van der Waals surface area contributed by atoms with E-state index in [1.54, 1.807) is 38.1 Å². The standard InChI is InChI=1S/C10H17N3O2S/c1-8(2)13(3)16(14,15)12-10-6-4-5-9(11)7-10/h4-8,12H,11H2,1-3H3. The van der Waals surface area contributed by atoms with Crippen LogP contribution < -0.4 is 10.5 Å². The molecule has 0 amide bonds. The molecule has 0 aromatic heterocycles. The molecular formula is C10H17N3O2S. The Hall–Kier alpha value is -1.27. The van der Waals surface area contributed by atoms with Crippen molar-refractivity contribution in [3.05, 3.63) is 24.3 Å². The number of nitrogen functional groups attached to an aromatic ring is 1. The summed E-state index contributed by atoms with van der Waals surface area (Å²) < 4.78 is 27.4. The van der Waals surface area contributed by atoms with E-state index in [2.05, 4.69) is 4.72 Å². The minimum atomic E-state index is -3.50. The molecule has 0 fully saturated rings. The van der Waals surface area contributed by atoms with Crippen molar-refractivity contribution in [2.24, 2.45) is 0 Å². The van der Waals surface area contributed by atoms with E-state index in [4.69, 9.17) is 5.73 Å². The lowest BCUT2D eigenvalue weighted by atomic mass is 10.3. The summed E-state index contributed by atoms with van der Waals surface area (Å²) in [4.78, 5) is 0. The Kier molecular flexibility index (Phi) is 3.77. The van der Waals surface area contributed by atoms with Crippen LogP contribution in [0.5, 0.6) is 0 Å². The molecule has 0 aliphatic carbocycles. The summed E-state index contributed by atoms with van der Waals surface area (Å²) in [5, 5.41) is 0. The average molecular weight is 243 g/mol. The van der Waals surface area contributed by atoms with Gasteiger partial charge in [-0.2, -0.15) is 12.7 Å². The third-order valence-corrected chi connectivity index (χ3v) is 3.91. The van der Waals surface area contributed by atoms with Crippen LogP contribution in [0.1, 0.15) is 13.8 Å². The summed E-state index contributed by atoms with van der Waals surface area (Å²) >= 11 is 0. The molecule has 6 heteroatoms. The first-order valence-electron chi connectivity index (χ1n) is 4.94. The van der Waals surface area contributed by atoms with Crippen LogP contribution in [0.3, 0.4) is 0 Å². The van der Waals surface area contributed by atoms with Gasteiger partial charge in [0.15, 0.2) is 0 Å². The lowest BCUT2D eigenvalue weighted by Crippen LogP contribution is -2.37. The second-order valence-corrected chi connectivity index (χ2v) is 5.57. The number of hydrogen-bond acceptors (Lipinski definition) is 3. The van der Waals surface area contributed by atoms with Gasteiger partial charge in [-0.3, -0.25) is 4.72 Å². The molecule has 0 heterocycles. The maximum atomic E-state index is 11.8. The number of hydrogen-bond donors (Lipinski definition) is 2. The van der Waals surface area contributed by atoms with Gasteiger partial charge in [0.05, 0.1) is 5.69 Å². The van der Waals surface area contributed by atoms with E-state index in [-0.39, 0.29) is 6.04 Å². The maximum Gasteiger partial charge on any atom is 0.301 e. The minimum Gasteiger partial charge on any atom is -0.399 e. The molecule has 0 saturated carbocycles. The van der Waals surface area contributed by atoms with E-state index in [1.165, 1.54) is 11.4 Å². The molecule has 0 aliphatic heterocycles. The van der Waals surface area contributed by atoms with Gasteiger partial charge in [0, 0.05) is 18.8 Å². The van der Waals surface area contributed by atoms with Gasteiger partial charge in [0.1, 0.15) is 0 Å². The fraction of sp³-hybridized carbons (Fsp3) is 0.400. The van der Waals surface area contributed by atoms with Crippen molar-refractivity contribution in [3.63, 3.8) is 0 Å². The summed E-state index contributed by atoms with van der Waals surface area (Å²) in [6.45, 7) is 3.61. The van der Waals surface area contributed by atoms with E-state index in [0.29, 0.717) is 11.4 Å². The van der Waals surface area contributed by atoms with Gasteiger partial charge in [-0.25, -0.2) is 0 Å². The van der Waals surface area contributed by atoms with Crippen molar-refractivity contribution >= 4 is 21.6 Å². The van der Waals surface area contributed by atoms with E-state index in [0.717, 1.165) is 0 Å². The highest BCUT2D eigenvalue weighted by molar-refractivity contribution is 7.90. The molecule has 1 aromatic carbocycles. The third-order valence-electron chi connectivity index (χ3n) is 2.24. The molecule has 16 heavy (non-hydrogen) atoms. The van der Waals surface area contributed by atoms with Crippen molar-refractivity contribution in [1.82, 2.24) is 4.31 Å². The van der Waals surface area contributed by atoms with Crippen LogP contribution >= 0.6 is 0 Å². The number of anilines is 2. The summed E-state index contributed by atoms with van der Waals surface area (Å²) in [6.07, 6.45) is 0. The zero-order chi connectivity index (χ0) is 12.3. The van der Waals surface area contributed by atoms with Crippen LogP contribution in [0.25, 0.3) is 0 Å². The first-order chi connectivity index (χ1) is 7.33. The Morgan fingerprint density at radius 1 is 1.38 bits per heavy atom. The number of rotatable bonds is 4. The molecule has 0 atom stereocenters. The van der Waals surface area contributed by atoms with Crippen molar-refractivity contribution < 1.29 is 8.42 Å². The number of nitrogens with one attached hydrogen (secondary N) is 1. The average Bonchev–Trinajstić information content (AvgIpc) is 2.15. The smallest absolute Gasteiger partial charge is 0.301 e. The molecule has 0 spiro atoms. The molecule has 0 aliphatic rings. The lowest BCUT2D eigenvalue weighted by molar-refractivity contribution is 0.414. The fourth-order valence-corrected chi connectivity index (χ4v) is 2.22. The van der Waals surface area contributed by atoms with Crippen LogP contribution in [-0.2, 0) is 10.2 Å². The van der Waals surface area contributed by atoms with Gasteiger partial charge in [-0.15, -0.1) is 0 Å². The van der Waals surface area contributed by atoms with E-state index >= 15 is 0 Å². The second kappa shape index (κ2) is 4.71. The van der Waals surface area contributed by atoms with Crippen molar-refractivity contribution in [3.8, 4) is 0 Å². The van der Waals surface area contributed by atoms with Crippen molar-refractivity contribution in [1.29, 1.82) is 0 Å². The van der Waals surface area contributed by atoms with Crippen LogP contribution in [0.4, 0.5) is 11.4 Å². The minimum absolute atomic E-state index is 0.0986. The summed E-state index contributed by atoms with van der Waals surface area (Å²) in [5.41, 5.74) is 6.55. The highest BCUT2D eigenvalue weighted by Gasteiger charge is 2.19. The van der Waals surface area contributed by atoms with Gasteiger partial charge in [0.25, 0.3) is 0 Å². The van der Waals surface area contributed by atoms with E-state index < -0.39 is 10.2 Å². The number of benzene rings is 1. The third kappa shape index (κ3) is 3.11. The zero-order valence-corrected chi connectivity index (χ0v) is 10.5. The fourth-order valence-electron chi connectivity index (χ4n) is 1.10. The first kappa shape index (κ1) is 12.8. The molecule has 90 valence electrons. The van der Waals surface area contributed by atoms with Gasteiger partial charge < -0.3 is 5.73 Å². The lowest BCUT2D eigenvalue weighted by Gasteiger charge is -2.21. The molecule has 1 aromatic rings. The molecule has 1 rings (SSSR count). The van der Waals surface area contributed by atoms with Crippen molar-refractivity contribution in [2.45, 2.75) is 19.9 Å². The summed E-state index contributed by atoms with van der Waals surface area (Å²) in [5.74, 6) is 0. The Labute approximate surface area is 96.4 Å². The Morgan fingerprint density at radius 3 is 2.50 bits per heavy atom. The Bertz CT molecular complexity index is 457. The maximum absolute atomic E-state index is 11.8. The van der Waals surface area contributed by atoms with Crippen LogP contribution in [0.2, 0.25) is 0 Å². The monoisotopic (exact) mass is 243 g/mol. The van der Waals surface area contributed by atoms with Crippen LogP contribution in [0.15, 0.2) is 24.3 Å². The normalized spacial score (nSPS) is 12.1. The molecule has 0 radical (unpaired) electrons. The summed E-state index contributed by atoms with van der Waals surface area (Å²) in [7, 11) is -1.97.